The quantitative estimate of drug-likeness (QED) is 0.413. The normalized spacial score (nSPS) is 15.2. The van der Waals surface area contributed by atoms with E-state index >= 15 is 0 Å². The Kier molecular flexibility index (Phi) is 4.33. The van der Waals surface area contributed by atoms with Crippen LogP contribution in [0.25, 0.3) is 11.3 Å². The van der Waals surface area contributed by atoms with Gasteiger partial charge < -0.3 is 20.3 Å². The van der Waals surface area contributed by atoms with Gasteiger partial charge in [0.05, 0.1) is 0 Å². The van der Waals surface area contributed by atoms with E-state index in [1.807, 2.05) is 24.5 Å². The molecule has 1 atom stereocenters. The van der Waals surface area contributed by atoms with Gasteiger partial charge in [0.2, 0.25) is 11.0 Å². The van der Waals surface area contributed by atoms with E-state index in [4.69, 9.17) is 4.74 Å². The molecule has 1 aliphatic heterocycles. The van der Waals surface area contributed by atoms with Crippen molar-refractivity contribution in [2.24, 2.45) is 0 Å². The van der Waals surface area contributed by atoms with Crippen LogP contribution in [0.4, 0.5) is 5.69 Å². The summed E-state index contributed by atoms with van der Waals surface area (Å²) < 4.78 is 6.95. The fourth-order valence-electron chi connectivity index (χ4n) is 2.61. The van der Waals surface area contributed by atoms with E-state index < -0.39 is 6.23 Å². The second kappa shape index (κ2) is 6.65. The summed E-state index contributed by atoms with van der Waals surface area (Å²) in [5.74, 6) is -0.0777. The summed E-state index contributed by atoms with van der Waals surface area (Å²) in [5.41, 5.74) is 2.74. The maximum Gasteiger partial charge on any atom is 0.247 e. The molecule has 3 N–H and O–H groups in total. The van der Waals surface area contributed by atoms with E-state index in [1.54, 1.807) is 6.07 Å². The van der Waals surface area contributed by atoms with Crippen LogP contribution < -0.4 is 10.1 Å². The van der Waals surface area contributed by atoms with Gasteiger partial charge in [0.1, 0.15) is 0 Å². The van der Waals surface area contributed by atoms with Crippen molar-refractivity contribution in [1.82, 2.24) is 15.2 Å². The number of benzene rings is 2. The molecule has 1 aliphatic rings. The van der Waals surface area contributed by atoms with Gasteiger partial charge in [-0.25, -0.2) is 0 Å². The molecule has 2 aromatic carbocycles. The number of aromatic hydroxyl groups is 2. The number of nitrogens with one attached hydrogen (secondary N) is 1. The van der Waals surface area contributed by atoms with Crippen molar-refractivity contribution in [3.63, 3.8) is 0 Å². The third-order valence-electron chi connectivity index (χ3n) is 3.87. The lowest BCUT2D eigenvalue weighted by molar-refractivity contribution is 0.224. The van der Waals surface area contributed by atoms with Gasteiger partial charge in [-0.15, -0.1) is 10.2 Å². The Morgan fingerprint density at radius 1 is 1.12 bits per heavy atom. The second-order valence-corrected chi connectivity index (χ2v) is 7.22. The Labute approximate surface area is 161 Å². The van der Waals surface area contributed by atoms with Crippen LogP contribution in [0.2, 0.25) is 0 Å². The number of phenolic OH excluding ortho intramolecular Hbond substituents is 2. The summed E-state index contributed by atoms with van der Waals surface area (Å²) in [5, 5.41) is 31.6. The lowest BCUT2D eigenvalue weighted by Crippen LogP contribution is -2.17. The molecule has 4 rings (SSSR count). The monoisotopic (exact) mass is 432 g/mol. The molecule has 0 saturated heterocycles. The van der Waals surface area contributed by atoms with Gasteiger partial charge in [0, 0.05) is 21.3 Å². The fourth-order valence-corrected chi connectivity index (χ4v) is 3.27. The van der Waals surface area contributed by atoms with Crippen molar-refractivity contribution in [3.05, 3.63) is 46.4 Å². The number of hydrogen-bond donors (Lipinski definition) is 3. The summed E-state index contributed by atoms with van der Waals surface area (Å²) in [6, 6.07) is 10.2. The Morgan fingerprint density at radius 3 is 2.73 bits per heavy atom. The number of hydrogen-bond acceptors (Lipinski definition) is 8. The van der Waals surface area contributed by atoms with Crippen LogP contribution in [0.5, 0.6) is 17.4 Å². The number of anilines is 1. The average molecular weight is 433 g/mol. The van der Waals surface area contributed by atoms with Crippen LogP contribution in [0.1, 0.15) is 11.8 Å². The van der Waals surface area contributed by atoms with Crippen molar-refractivity contribution >= 4 is 33.4 Å². The maximum absolute atomic E-state index is 9.83. The van der Waals surface area contributed by atoms with Crippen LogP contribution in [0.3, 0.4) is 0 Å². The summed E-state index contributed by atoms with van der Waals surface area (Å²) in [6.07, 6.45) is 1.23. The minimum absolute atomic E-state index is 0.194. The van der Waals surface area contributed by atoms with E-state index in [2.05, 4.69) is 36.4 Å². The highest BCUT2D eigenvalue weighted by Gasteiger charge is 2.26. The van der Waals surface area contributed by atoms with Crippen molar-refractivity contribution in [2.45, 2.75) is 11.4 Å². The standard InChI is InChI=1S/C17H13BrN4O3S/c1-26-17-20-16-14(21-22-17)10-7-9(18)3-4-11(10)19-15(25-16)8-2-5-12(23)13(24)6-8/h2-7,15,19,23-24H,1H3/t15-/m1/s1. The van der Waals surface area contributed by atoms with Gasteiger partial charge in [-0.1, -0.05) is 27.7 Å². The summed E-state index contributed by atoms with van der Waals surface area (Å²) in [7, 11) is 0. The first-order chi connectivity index (χ1) is 12.5. The van der Waals surface area contributed by atoms with Gasteiger partial charge in [0.15, 0.2) is 23.4 Å². The molecule has 0 amide bonds. The summed E-state index contributed by atoms with van der Waals surface area (Å²) >= 11 is 4.84. The first-order valence-electron chi connectivity index (χ1n) is 7.59. The molecule has 0 spiro atoms. The van der Waals surface area contributed by atoms with Crippen molar-refractivity contribution in [3.8, 4) is 28.6 Å². The van der Waals surface area contributed by atoms with Gasteiger partial charge in [-0.05, 0) is 42.7 Å². The SMILES string of the molecule is CSc1nnc2c(n1)O[C@H](c1ccc(O)c(O)c1)Nc1ccc(Br)cc1-2. The van der Waals surface area contributed by atoms with Crippen molar-refractivity contribution < 1.29 is 14.9 Å². The van der Waals surface area contributed by atoms with Crippen molar-refractivity contribution in [1.29, 1.82) is 0 Å². The van der Waals surface area contributed by atoms with Crippen molar-refractivity contribution in [2.75, 3.05) is 11.6 Å². The van der Waals surface area contributed by atoms with Crippen LogP contribution >= 0.6 is 27.7 Å². The number of fused-ring (bicyclic) bond motifs is 3. The Bertz CT molecular complexity index is 1000. The molecule has 0 fully saturated rings. The van der Waals surface area contributed by atoms with E-state index in [0.717, 1.165) is 15.7 Å². The van der Waals surface area contributed by atoms with Gasteiger partial charge in [-0.2, -0.15) is 4.98 Å². The number of phenols is 2. The Hall–Kier alpha value is -2.52. The number of nitrogens with zero attached hydrogens (tertiary/aromatic N) is 3. The zero-order valence-corrected chi connectivity index (χ0v) is 15.9. The predicted molar refractivity (Wildman–Crippen MR) is 102 cm³/mol. The molecule has 9 heteroatoms. The molecule has 1 aromatic heterocycles. The third kappa shape index (κ3) is 3.04. The zero-order valence-electron chi connectivity index (χ0n) is 13.5. The smallest absolute Gasteiger partial charge is 0.247 e. The molecule has 0 bridgehead atoms. The maximum atomic E-state index is 9.83. The van der Waals surface area contributed by atoms with E-state index in [-0.39, 0.29) is 11.5 Å². The highest BCUT2D eigenvalue weighted by molar-refractivity contribution is 9.10. The minimum atomic E-state index is -0.630. The molecule has 0 aliphatic carbocycles. The number of thioether (sulfide) groups is 1. The molecule has 0 saturated carbocycles. The average Bonchev–Trinajstić information content (AvgIpc) is 2.80. The molecule has 7 nitrogen and oxygen atoms in total. The molecule has 2 heterocycles. The number of halogens is 1. The molecule has 3 aromatic rings. The van der Waals surface area contributed by atoms with Crippen LogP contribution in [0.15, 0.2) is 46.0 Å². The highest BCUT2D eigenvalue weighted by Crippen LogP contribution is 2.41. The second-order valence-electron chi connectivity index (χ2n) is 5.53. The Morgan fingerprint density at radius 2 is 1.96 bits per heavy atom. The van der Waals surface area contributed by atoms with Gasteiger partial charge in [0.25, 0.3) is 0 Å². The first-order valence-corrected chi connectivity index (χ1v) is 9.60. The first kappa shape index (κ1) is 16.9. The number of rotatable bonds is 2. The predicted octanol–water partition coefficient (Wildman–Crippen LogP) is 3.94. The molecular weight excluding hydrogens is 420 g/mol. The van der Waals surface area contributed by atoms with Gasteiger partial charge >= 0.3 is 0 Å². The van der Waals surface area contributed by atoms with Crippen LogP contribution in [0, 0.1) is 0 Å². The lowest BCUT2D eigenvalue weighted by Gasteiger charge is -2.19. The topological polar surface area (TPSA) is 100 Å². The lowest BCUT2D eigenvalue weighted by atomic mass is 10.1. The zero-order chi connectivity index (χ0) is 18.3. The molecule has 0 unspecified atom stereocenters. The highest BCUT2D eigenvalue weighted by atomic mass is 79.9. The minimum Gasteiger partial charge on any atom is -0.504 e. The summed E-state index contributed by atoms with van der Waals surface area (Å²) in [6.45, 7) is 0. The Balaban J connectivity index is 1.87. The molecular formula is C17H13BrN4O3S. The van der Waals surface area contributed by atoms with Crippen LogP contribution in [-0.2, 0) is 0 Å². The third-order valence-corrected chi connectivity index (χ3v) is 4.90. The van der Waals surface area contributed by atoms with Gasteiger partial charge in [-0.3, -0.25) is 0 Å². The molecule has 26 heavy (non-hydrogen) atoms. The largest absolute Gasteiger partial charge is 0.504 e. The van der Waals surface area contributed by atoms with E-state index in [0.29, 0.717) is 22.3 Å². The fraction of sp³-hybridized carbons (Fsp3) is 0.118. The number of ether oxygens (including phenoxy) is 1. The summed E-state index contributed by atoms with van der Waals surface area (Å²) in [4.78, 5) is 4.44. The number of aromatic nitrogens is 3. The molecule has 132 valence electrons. The molecule has 0 radical (unpaired) electrons. The van der Waals surface area contributed by atoms with Crippen LogP contribution in [-0.4, -0.2) is 31.7 Å². The van der Waals surface area contributed by atoms with E-state index in [9.17, 15) is 10.2 Å². The van der Waals surface area contributed by atoms with E-state index in [1.165, 1.54) is 23.9 Å².